The third-order valence-electron chi connectivity index (χ3n) is 3.33. The Morgan fingerprint density at radius 2 is 2.04 bits per heavy atom. The molecule has 0 radical (unpaired) electrons. The highest BCUT2D eigenvalue weighted by Crippen LogP contribution is 2.37. The summed E-state index contributed by atoms with van der Waals surface area (Å²) in [5.41, 5.74) is -1.17. The Labute approximate surface area is 157 Å². The lowest BCUT2D eigenvalue weighted by Crippen LogP contribution is -2.11. The van der Waals surface area contributed by atoms with Gasteiger partial charge in [0.25, 0.3) is 0 Å². The number of halogens is 4. The Hall–Kier alpha value is -2.76. The predicted octanol–water partition coefficient (Wildman–Crippen LogP) is 4.72. The third-order valence-corrected chi connectivity index (χ3v) is 3.66. The molecule has 0 bridgehead atoms. The van der Waals surface area contributed by atoms with E-state index in [0.717, 1.165) is 18.2 Å². The van der Waals surface area contributed by atoms with E-state index < -0.39 is 22.7 Å². The molecule has 0 spiro atoms. The number of methoxy groups -OCH3 is 1. The van der Waals surface area contributed by atoms with Gasteiger partial charge in [0.2, 0.25) is 0 Å². The molecular formula is C18H13ClF3NO4. The summed E-state index contributed by atoms with van der Waals surface area (Å²) in [6.07, 6.45) is -3.47. The zero-order valence-electron chi connectivity index (χ0n) is 14.0. The van der Waals surface area contributed by atoms with Crippen molar-refractivity contribution in [1.29, 1.82) is 5.26 Å². The maximum atomic E-state index is 13.0. The van der Waals surface area contributed by atoms with Crippen LogP contribution in [0.25, 0.3) is 17.4 Å². The number of nitriles is 1. The van der Waals surface area contributed by atoms with Crippen LogP contribution in [-0.2, 0) is 20.4 Å². The van der Waals surface area contributed by atoms with Gasteiger partial charge < -0.3 is 13.9 Å². The molecule has 9 heteroatoms. The number of ether oxygens (including phenoxy) is 2. The Balaban J connectivity index is 2.26. The van der Waals surface area contributed by atoms with Crippen molar-refractivity contribution in [3.63, 3.8) is 0 Å². The standard InChI is InChI=1S/C18H13ClF3NO4/c1-25-6-7-26-17(24)12(10-23)8-13-3-5-16(27-13)11-2-4-15(19)14(9-11)18(20,21)22/h2-5,8-9H,6-7H2,1H3/b12-8+. The van der Waals surface area contributed by atoms with E-state index in [1.54, 1.807) is 6.07 Å². The molecular weight excluding hydrogens is 387 g/mol. The number of alkyl halides is 3. The summed E-state index contributed by atoms with van der Waals surface area (Å²) in [6.45, 7) is 0.149. The summed E-state index contributed by atoms with van der Waals surface area (Å²) in [7, 11) is 1.43. The van der Waals surface area contributed by atoms with Crippen LogP contribution in [0.2, 0.25) is 5.02 Å². The quantitative estimate of drug-likeness (QED) is 0.304. The van der Waals surface area contributed by atoms with Crippen molar-refractivity contribution in [2.75, 3.05) is 20.3 Å². The van der Waals surface area contributed by atoms with Crippen molar-refractivity contribution >= 4 is 23.6 Å². The second kappa shape index (κ2) is 8.75. The van der Waals surface area contributed by atoms with Crippen molar-refractivity contribution < 1.29 is 31.9 Å². The second-order valence-corrected chi connectivity index (χ2v) is 5.60. The number of hydrogen-bond acceptors (Lipinski definition) is 5. The van der Waals surface area contributed by atoms with Crippen LogP contribution in [0.1, 0.15) is 11.3 Å². The molecule has 0 atom stereocenters. The molecule has 0 saturated carbocycles. The van der Waals surface area contributed by atoms with E-state index in [2.05, 4.69) is 0 Å². The van der Waals surface area contributed by atoms with Crippen molar-refractivity contribution in [2.45, 2.75) is 6.18 Å². The normalized spacial score (nSPS) is 11.9. The summed E-state index contributed by atoms with van der Waals surface area (Å²) < 4.78 is 53.9. The Bertz CT molecular complexity index is 897. The van der Waals surface area contributed by atoms with Crippen molar-refractivity contribution in [3.8, 4) is 17.4 Å². The van der Waals surface area contributed by atoms with E-state index in [4.69, 9.17) is 30.8 Å². The molecule has 2 aromatic rings. The topological polar surface area (TPSA) is 72.5 Å². The number of furan rings is 1. The van der Waals surface area contributed by atoms with Crippen molar-refractivity contribution in [3.05, 3.63) is 52.3 Å². The predicted molar refractivity (Wildman–Crippen MR) is 90.6 cm³/mol. The number of hydrogen-bond donors (Lipinski definition) is 0. The number of esters is 1. The average molecular weight is 400 g/mol. The highest BCUT2D eigenvalue weighted by Gasteiger charge is 2.33. The number of nitrogens with zero attached hydrogens (tertiary/aromatic N) is 1. The van der Waals surface area contributed by atoms with Crippen LogP contribution in [0.15, 0.2) is 40.3 Å². The van der Waals surface area contributed by atoms with Crippen LogP contribution in [0.4, 0.5) is 13.2 Å². The van der Waals surface area contributed by atoms with Gasteiger partial charge in [0.1, 0.15) is 29.8 Å². The molecule has 2 rings (SSSR count). The lowest BCUT2D eigenvalue weighted by molar-refractivity contribution is -0.139. The van der Waals surface area contributed by atoms with Gasteiger partial charge in [-0.05, 0) is 30.3 Å². The van der Waals surface area contributed by atoms with Gasteiger partial charge in [0.05, 0.1) is 17.2 Å². The first-order valence-electron chi connectivity index (χ1n) is 7.51. The number of carbonyl (C=O) groups excluding carboxylic acids is 1. The van der Waals surface area contributed by atoms with Gasteiger partial charge in [0, 0.05) is 18.7 Å². The SMILES string of the molecule is COCCOC(=O)/C(C#N)=C/c1ccc(-c2ccc(Cl)c(C(F)(F)F)c2)o1. The third kappa shape index (κ3) is 5.36. The number of carbonyl (C=O) groups is 1. The van der Waals surface area contributed by atoms with Gasteiger partial charge >= 0.3 is 12.1 Å². The van der Waals surface area contributed by atoms with Crippen molar-refractivity contribution in [2.24, 2.45) is 0 Å². The second-order valence-electron chi connectivity index (χ2n) is 5.19. The van der Waals surface area contributed by atoms with Crippen LogP contribution < -0.4 is 0 Å². The molecule has 5 nitrogen and oxygen atoms in total. The average Bonchev–Trinajstić information content (AvgIpc) is 3.07. The molecule has 0 aliphatic carbocycles. The molecule has 1 aromatic carbocycles. The fourth-order valence-corrected chi connectivity index (χ4v) is 2.28. The van der Waals surface area contributed by atoms with E-state index in [9.17, 15) is 18.0 Å². The zero-order chi connectivity index (χ0) is 20.0. The molecule has 0 aliphatic heterocycles. The fourth-order valence-electron chi connectivity index (χ4n) is 2.06. The maximum Gasteiger partial charge on any atom is 0.417 e. The minimum absolute atomic E-state index is 0.0250. The van der Waals surface area contributed by atoms with Gasteiger partial charge in [-0.25, -0.2) is 4.79 Å². The highest BCUT2D eigenvalue weighted by atomic mass is 35.5. The highest BCUT2D eigenvalue weighted by molar-refractivity contribution is 6.31. The lowest BCUT2D eigenvalue weighted by atomic mass is 10.1. The summed E-state index contributed by atoms with van der Waals surface area (Å²) in [5.74, 6) is -0.638. The van der Waals surface area contributed by atoms with Gasteiger partial charge in [0.15, 0.2) is 0 Å². The molecule has 0 aliphatic rings. The van der Waals surface area contributed by atoms with E-state index >= 15 is 0 Å². The van der Waals surface area contributed by atoms with Gasteiger partial charge in [-0.3, -0.25) is 0 Å². The largest absolute Gasteiger partial charge is 0.459 e. The Kier molecular flexibility index (Phi) is 6.66. The molecule has 0 unspecified atom stereocenters. The first-order valence-corrected chi connectivity index (χ1v) is 7.89. The zero-order valence-corrected chi connectivity index (χ0v) is 14.7. The summed E-state index contributed by atoms with van der Waals surface area (Å²) in [6, 6.07) is 7.86. The van der Waals surface area contributed by atoms with E-state index in [1.165, 1.54) is 25.3 Å². The minimum Gasteiger partial charge on any atom is -0.459 e. The summed E-state index contributed by atoms with van der Waals surface area (Å²) in [5, 5.41) is 8.64. The minimum atomic E-state index is -4.61. The van der Waals surface area contributed by atoms with Crippen LogP contribution in [-0.4, -0.2) is 26.3 Å². The monoisotopic (exact) mass is 399 g/mol. The molecule has 0 saturated heterocycles. The Morgan fingerprint density at radius 3 is 2.67 bits per heavy atom. The van der Waals surface area contributed by atoms with Crippen molar-refractivity contribution in [1.82, 2.24) is 0 Å². The van der Waals surface area contributed by atoms with Crippen LogP contribution in [0, 0.1) is 11.3 Å². The van der Waals surface area contributed by atoms with Gasteiger partial charge in [-0.2, -0.15) is 18.4 Å². The molecule has 1 aromatic heterocycles. The van der Waals surface area contributed by atoms with Crippen LogP contribution in [0.3, 0.4) is 0 Å². The molecule has 142 valence electrons. The first kappa shape index (κ1) is 20.6. The number of rotatable bonds is 6. The smallest absolute Gasteiger partial charge is 0.417 e. The van der Waals surface area contributed by atoms with E-state index in [-0.39, 0.29) is 35.9 Å². The molecule has 0 N–H and O–H groups in total. The number of benzene rings is 1. The van der Waals surface area contributed by atoms with E-state index in [0.29, 0.717) is 0 Å². The molecule has 0 fully saturated rings. The molecule has 0 amide bonds. The molecule has 27 heavy (non-hydrogen) atoms. The van der Waals surface area contributed by atoms with E-state index in [1.807, 2.05) is 0 Å². The summed E-state index contributed by atoms with van der Waals surface area (Å²) >= 11 is 5.59. The Morgan fingerprint density at radius 1 is 1.30 bits per heavy atom. The summed E-state index contributed by atoms with van der Waals surface area (Å²) in [4.78, 5) is 11.8. The first-order chi connectivity index (χ1) is 12.8. The fraction of sp³-hybridized carbons (Fsp3) is 0.222. The van der Waals surface area contributed by atoms with Gasteiger partial charge in [-0.1, -0.05) is 11.6 Å². The van der Waals surface area contributed by atoms with Gasteiger partial charge in [-0.15, -0.1) is 0 Å². The van der Waals surface area contributed by atoms with Crippen LogP contribution >= 0.6 is 11.6 Å². The lowest BCUT2D eigenvalue weighted by Gasteiger charge is -2.09. The van der Waals surface area contributed by atoms with Crippen LogP contribution in [0.5, 0.6) is 0 Å². The molecule has 1 heterocycles. The maximum absolute atomic E-state index is 13.0.